The van der Waals surface area contributed by atoms with Crippen molar-refractivity contribution >= 4 is 45.3 Å². The van der Waals surface area contributed by atoms with Gasteiger partial charge >= 0.3 is 0 Å². The molecule has 1 N–H and O–H groups in total. The third-order valence-corrected chi connectivity index (χ3v) is 6.18. The summed E-state index contributed by atoms with van der Waals surface area (Å²) < 4.78 is 0.876. The molecule has 3 heterocycles. The fourth-order valence-electron chi connectivity index (χ4n) is 4.52. The molecule has 6 heteroatoms. The first-order chi connectivity index (χ1) is 13.1. The van der Waals surface area contributed by atoms with Crippen LogP contribution in [-0.4, -0.2) is 29.7 Å². The number of anilines is 1. The maximum atomic E-state index is 13.4. The second-order valence-corrected chi connectivity index (χ2v) is 7.95. The molecule has 0 saturated carbocycles. The van der Waals surface area contributed by atoms with Crippen LogP contribution in [0.2, 0.25) is 0 Å². The summed E-state index contributed by atoms with van der Waals surface area (Å²) in [6, 6.07) is 13.8. The molecule has 0 bridgehead atoms. The van der Waals surface area contributed by atoms with Crippen LogP contribution in [0.1, 0.15) is 15.9 Å². The number of carbonyl (C=O) groups excluding carboxylic acids is 3. The highest BCUT2D eigenvalue weighted by molar-refractivity contribution is 9.10. The first-order valence-corrected chi connectivity index (χ1v) is 9.55. The molecule has 0 unspecified atom stereocenters. The lowest BCUT2D eigenvalue weighted by molar-refractivity contribution is -0.126. The molecule has 2 fully saturated rings. The van der Waals surface area contributed by atoms with Crippen molar-refractivity contribution in [2.75, 3.05) is 4.90 Å². The second-order valence-electron chi connectivity index (χ2n) is 7.04. The highest BCUT2D eigenvalue weighted by Crippen LogP contribution is 2.46. The van der Waals surface area contributed by atoms with Crippen LogP contribution in [0.4, 0.5) is 5.69 Å². The lowest BCUT2D eigenvalue weighted by Gasteiger charge is -2.35. The Balaban J connectivity index is 1.66. The largest absolute Gasteiger partial charge is 0.352 e. The van der Waals surface area contributed by atoms with E-state index in [0.717, 1.165) is 15.7 Å². The van der Waals surface area contributed by atoms with E-state index in [-0.39, 0.29) is 23.6 Å². The number of amides is 2. The van der Waals surface area contributed by atoms with E-state index < -0.39 is 17.9 Å². The number of rotatable bonds is 2. The Bertz CT molecular complexity index is 1010. The molecule has 134 valence electrons. The molecule has 5 nitrogen and oxygen atoms in total. The van der Waals surface area contributed by atoms with Crippen LogP contribution in [0, 0.1) is 11.8 Å². The van der Waals surface area contributed by atoms with Crippen LogP contribution in [0.3, 0.4) is 0 Å². The summed E-state index contributed by atoms with van der Waals surface area (Å²) in [5, 5.41) is 2.42. The van der Waals surface area contributed by atoms with E-state index in [1.807, 2.05) is 41.3 Å². The molecule has 2 aromatic rings. The molecule has 0 aliphatic carbocycles. The van der Waals surface area contributed by atoms with Gasteiger partial charge in [-0.05, 0) is 23.8 Å². The van der Waals surface area contributed by atoms with Gasteiger partial charge in [-0.25, -0.2) is 0 Å². The number of ketones is 1. The predicted molar refractivity (Wildman–Crippen MR) is 104 cm³/mol. The van der Waals surface area contributed by atoms with Gasteiger partial charge in [-0.1, -0.05) is 58.4 Å². The van der Waals surface area contributed by atoms with Crippen molar-refractivity contribution in [2.45, 2.75) is 12.1 Å². The number of hydrogen-bond acceptors (Lipinski definition) is 4. The van der Waals surface area contributed by atoms with Gasteiger partial charge in [0.05, 0.1) is 17.9 Å². The normalized spacial score (nSPS) is 27.8. The highest BCUT2D eigenvalue weighted by atomic mass is 79.9. The number of Topliss-reactive ketones (excluding diaryl/α,β-unsaturated/α-hetero) is 1. The number of hydrogen-bond donors (Lipinski definition) is 1. The number of halogens is 1. The Kier molecular flexibility index (Phi) is 3.59. The van der Waals surface area contributed by atoms with Crippen molar-refractivity contribution in [3.8, 4) is 0 Å². The van der Waals surface area contributed by atoms with Crippen LogP contribution in [0.5, 0.6) is 0 Å². The van der Waals surface area contributed by atoms with Crippen LogP contribution in [0.25, 0.3) is 6.08 Å². The summed E-state index contributed by atoms with van der Waals surface area (Å²) in [5.74, 6) is -2.04. The summed E-state index contributed by atoms with van der Waals surface area (Å²) in [4.78, 5) is 40.5. The molecular formula is C21H15BrN2O3. The van der Waals surface area contributed by atoms with E-state index >= 15 is 0 Å². The first kappa shape index (κ1) is 16.4. The van der Waals surface area contributed by atoms with Gasteiger partial charge < -0.3 is 4.90 Å². The lowest BCUT2D eigenvalue weighted by atomic mass is 9.86. The van der Waals surface area contributed by atoms with Crippen molar-refractivity contribution in [1.82, 2.24) is 5.32 Å². The van der Waals surface area contributed by atoms with Gasteiger partial charge in [0.1, 0.15) is 6.04 Å². The van der Waals surface area contributed by atoms with E-state index in [0.29, 0.717) is 5.56 Å². The van der Waals surface area contributed by atoms with Gasteiger partial charge in [-0.2, -0.15) is 0 Å². The molecule has 5 rings (SSSR count). The van der Waals surface area contributed by atoms with E-state index in [1.165, 1.54) is 0 Å². The molecule has 2 aromatic carbocycles. The minimum absolute atomic E-state index is 0.144. The quantitative estimate of drug-likeness (QED) is 0.596. The van der Waals surface area contributed by atoms with Crippen molar-refractivity contribution in [2.24, 2.45) is 11.8 Å². The Morgan fingerprint density at radius 3 is 2.44 bits per heavy atom. The fraction of sp³-hybridized carbons (Fsp3) is 0.190. The molecule has 3 aliphatic rings. The number of imide groups is 1. The summed E-state index contributed by atoms with van der Waals surface area (Å²) >= 11 is 3.38. The van der Waals surface area contributed by atoms with Crippen molar-refractivity contribution in [3.63, 3.8) is 0 Å². The van der Waals surface area contributed by atoms with Crippen LogP contribution in [0.15, 0.2) is 59.1 Å². The zero-order chi connectivity index (χ0) is 18.7. The predicted octanol–water partition coefficient (Wildman–Crippen LogP) is 2.80. The van der Waals surface area contributed by atoms with Gasteiger partial charge in [-0.15, -0.1) is 0 Å². The molecule has 2 saturated heterocycles. The minimum atomic E-state index is -0.710. The third-order valence-electron chi connectivity index (χ3n) is 5.65. The van der Waals surface area contributed by atoms with Crippen LogP contribution < -0.4 is 10.2 Å². The number of nitrogens with zero attached hydrogens (tertiary/aromatic N) is 1. The molecule has 27 heavy (non-hydrogen) atoms. The molecule has 0 spiro atoms. The van der Waals surface area contributed by atoms with E-state index in [2.05, 4.69) is 21.2 Å². The Labute approximate surface area is 164 Å². The number of fused-ring (bicyclic) bond motifs is 5. The van der Waals surface area contributed by atoms with Crippen molar-refractivity contribution < 1.29 is 14.4 Å². The molecule has 4 atom stereocenters. The zero-order valence-corrected chi connectivity index (χ0v) is 15.7. The lowest BCUT2D eigenvalue weighted by Crippen LogP contribution is -2.47. The van der Waals surface area contributed by atoms with Gasteiger partial charge in [0.25, 0.3) is 0 Å². The number of para-hydroxylation sites is 1. The fourth-order valence-corrected chi connectivity index (χ4v) is 4.78. The Morgan fingerprint density at radius 2 is 1.67 bits per heavy atom. The first-order valence-electron chi connectivity index (χ1n) is 8.76. The maximum absolute atomic E-state index is 13.4. The number of nitrogens with one attached hydrogen (secondary N) is 1. The third kappa shape index (κ3) is 2.33. The molecule has 2 amide bonds. The zero-order valence-electron chi connectivity index (χ0n) is 14.1. The van der Waals surface area contributed by atoms with Crippen LogP contribution >= 0.6 is 15.9 Å². The second kappa shape index (κ2) is 5.89. The van der Waals surface area contributed by atoms with Gasteiger partial charge in [0, 0.05) is 15.7 Å². The average Bonchev–Trinajstić information content (AvgIpc) is 3.17. The van der Waals surface area contributed by atoms with Gasteiger partial charge in [-0.3, -0.25) is 19.7 Å². The Morgan fingerprint density at radius 1 is 0.963 bits per heavy atom. The monoisotopic (exact) mass is 422 g/mol. The standard InChI is InChI=1S/C21H15BrN2O3/c22-13-8-5-12(6-9-13)19(25)18-17-16(20(26)23-21(17)27)15-10-7-11-3-1-2-4-14(11)24(15)18/h1-10,15-18H,(H,23,26,27)/t15-,16-,17-,18+/m1/s1. The van der Waals surface area contributed by atoms with E-state index in [1.54, 1.807) is 24.3 Å². The average molecular weight is 423 g/mol. The van der Waals surface area contributed by atoms with Crippen LogP contribution in [-0.2, 0) is 9.59 Å². The van der Waals surface area contributed by atoms with Crippen molar-refractivity contribution in [1.29, 1.82) is 0 Å². The molecule has 0 aromatic heterocycles. The maximum Gasteiger partial charge on any atom is 0.233 e. The van der Waals surface area contributed by atoms with Gasteiger partial charge in [0.2, 0.25) is 11.8 Å². The SMILES string of the molecule is O=C1NC(=O)[C@H]2[C@@H]1[C@@H](C(=O)c1ccc(Br)cc1)N1c3ccccc3C=C[C@H]21. The van der Waals surface area contributed by atoms with E-state index in [9.17, 15) is 14.4 Å². The minimum Gasteiger partial charge on any atom is -0.352 e. The van der Waals surface area contributed by atoms with E-state index in [4.69, 9.17) is 0 Å². The summed E-state index contributed by atoms with van der Waals surface area (Å²) in [6.45, 7) is 0. The number of benzene rings is 2. The Hall–Kier alpha value is -2.73. The number of carbonyl (C=O) groups is 3. The molecular weight excluding hydrogens is 408 g/mol. The molecule has 3 aliphatic heterocycles. The summed E-state index contributed by atoms with van der Waals surface area (Å²) in [7, 11) is 0. The topological polar surface area (TPSA) is 66.5 Å². The van der Waals surface area contributed by atoms with Gasteiger partial charge in [0.15, 0.2) is 5.78 Å². The van der Waals surface area contributed by atoms with Crippen molar-refractivity contribution in [3.05, 3.63) is 70.2 Å². The smallest absolute Gasteiger partial charge is 0.233 e. The summed E-state index contributed by atoms with van der Waals surface area (Å²) in [6.07, 6.45) is 3.91. The summed E-state index contributed by atoms with van der Waals surface area (Å²) in [5.41, 5.74) is 2.40. The highest BCUT2D eigenvalue weighted by Gasteiger charge is 2.61. The molecule has 0 radical (unpaired) electrons.